The minimum Gasteiger partial charge on any atom is -0.315 e. The molecule has 1 aliphatic heterocycles. The number of hydrogen-bond acceptors (Lipinski definition) is 4. The summed E-state index contributed by atoms with van der Waals surface area (Å²) in [5.74, 6) is -1.22. The lowest BCUT2D eigenvalue weighted by Crippen LogP contribution is -2.65. The van der Waals surface area contributed by atoms with Gasteiger partial charge in [-0.25, -0.2) is 0 Å². The van der Waals surface area contributed by atoms with Crippen LogP contribution in [0.5, 0.6) is 0 Å². The molecule has 0 bridgehead atoms. The molecule has 0 aliphatic carbocycles. The van der Waals surface area contributed by atoms with Gasteiger partial charge in [-0.3, -0.25) is 19.7 Å². The molecule has 20 heavy (non-hydrogen) atoms. The molecule has 1 fully saturated rings. The number of benzene rings is 1. The molecule has 0 saturated carbocycles. The maximum atomic E-state index is 12.5. The van der Waals surface area contributed by atoms with Gasteiger partial charge in [-0.05, 0) is 44.4 Å². The maximum Gasteiger partial charge on any atom is 0.255 e. The highest BCUT2D eigenvalue weighted by Gasteiger charge is 2.43. The second kappa shape index (κ2) is 5.28. The van der Waals surface area contributed by atoms with Crippen LogP contribution >= 0.6 is 11.8 Å². The van der Waals surface area contributed by atoms with Gasteiger partial charge in [0.2, 0.25) is 5.91 Å². The first-order chi connectivity index (χ1) is 9.36. The minimum atomic E-state index is -1.04. The number of nitrogens with zero attached hydrogens (tertiary/aromatic N) is 1. The number of thioether (sulfide) groups is 1. The van der Waals surface area contributed by atoms with Crippen molar-refractivity contribution < 1.29 is 14.4 Å². The van der Waals surface area contributed by atoms with Crippen molar-refractivity contribution in [3.8, 4) is 0 Å². The van der Waals surface area contributed by atoms with Crippen LogP contribution in [0.1, 0.15) is 24.2 Å². The summed E-state index contributed by atoms with van der Waals surface area (Å²) >= 11 is 1.58. The topological polar surface area (TPSA) is 66.5 Å². The summed E-state index contributed by atoms with van der Waals surface area (Å²) in [5.41, 5.74) is -0.568. The van der Waals surface area contributed by atoms with Crippen LogP contribution in [0.15, 0.2) is 29.2 Å². The highest BCUT2D eigenvalue weighted by Crippen LogP contribution is 2.22. The van der Waals surface area contributed by atoms with E-state index in [4.69, 9.17) is 0 Å². The van der Waals surface area contributed by atoms with Gasteiger partial charge in [-0.15, -0.1) is 11.8 Å². The molecular formula is C14H16N2O3S. The first-order valence-corrected chi connectivity index (χ1v) is 7.39. The Morgan fingerprint density at radius 3 is 2.40 bits per heavy atom. The van der Waals surface area contributed by atoms with Gasteiger partial charge in [0, 0.05) is 10.5 Å². The minimum absolute atomic E-state index is 0.109. The van der Waals surface area contributed by atoms with Gasteiger partial charge in [-0.2, -0.15) is 0 Å². The molecule has 106 valence electrons. The average Bonchev–Trinajstić information content (AvgIpc) is 2.42. The summed E-state index contributed by atoms with van der Waals surface area (Å²) in [7, 11) is 0. The van der Waals surface area contributed by atoms with Crippen molar-refractivity contribution in [1.82, 2.24) is 10.2 Å². The summed E-state index contributed by atoms with van der Waals surface area (Å²) in [6.45, 7) is 3.15. The van der Waals surface area contributed by atoms with Crippen LogP contribution < -0.4 is 5.32 Å². The molecular weight excluding hydrogens is 276 g/mol. The lowest BCUT2D eigenvalue weighted by molar-refractivity contribution is -0.143. The van der Waals surface area contributed by atoms with Gasteiger partial charge in [0.25, 0.3) is 11.8 Å². The van der Waals surface area contributed by atoms with Crippen LogP contribution in [0.4, 0.5) is 0 Å². The van der Waals surface area contributed by atoms with E-state index in [1.165, 1.54) is 4.90 Å². The third-order valence-electron chi connectivity index (χ3n) is 3.37. The van der Waals surface area contributed by atoms with Crippen molar-refractivity contribution in [2.75, 3.05) is 12.8 Å². The molecule has 1 aromatic carbocycles. The Labute approximate surface area is 121 Å². The molecule has 0 radical (unpaired) electrons. The zero-order chi connectivity index (χ0) is 14.9. The van der Waals surface area contributed by atoms with Crippen molar-refractivity contribution in [3.05, 3.63) is 29.8 Å². The van der Waals surface area contributed by atoms with Gasteiger partial charge >= 0.3 is 0 Å². The van der Waals surface area contributed by atoms with Crippen LogP contribution in [0, 0.1) is 0 Å². The Hall–Kier alpha value is -1.82. The predicted molar refractivity (Wildman–Crippen MR) is 76.5 cm³/mol. The van der Waals surface area contributed by atoms with E-state index in [9.17, 15) is 14.4 Å². The smallest absolute Gasteiger partial charge is 0.255 e. The second-order valence-corrected chi connectivity index (χ2v) is 5.94. The fourth-order valence-electron chi connectivity index (χ4n) is 2.00. The fraction of sp³-hybridized carbons (Fsp3) is 0.357. The number of rotatable bonds is 2. The van der Waals surface area contributed by atoms with E-state index in [2.05, 4.69) is 5.32 Å². The van der Waals surface area contributed by atoms with Crippen molar-refractivity contribution in [2.24, 2.45) is 0 Å². The van der Waals surface area contributed by atoms with E-state index in [1.54, 1.807) is 37.7 Å². The first kappa shape index (κ1) is 14.6. The van der Waals surface area contributed by atoms with Gasteiger partial charge in [0.05, 0.1) is 0 Å². The molecule has 1 aliphatic rings. The zero-order valence-corrected chi connectivity index (χ0v) is 12.4. The molecule has 3 amide bonds. The van der Waals surface area contributed by atoms with Crippen LogP contribution in [-0.2, 0) is 9.59 Å². The Morgan fingerprint density at radius 1 is 1.25 bits per heavy atom. The Bertz CT molecular complexity index is 566. The second-order valence-electron chi connectivity index (χ2n) is 5.06. The number of hydrogen-bond donors (Lipinski definition) is 1. The van der Waals surface area contributed by atoms with Gasteiger partial charge in [0.15, 0.2) is 0 Å². The van der Waals surface area contributed by atoms with Crippen molar-refractivity contribution in [3.63, 3.8) is 0 Å². The van der Waals surface area contributed by atoms with Crippen LogP contribution in [0.3, 0.4) is 0 Å². The van der Waals surface area contributed by atoms with E-state index in [-0.39, 0.29) is 12.5 Å². The van der Waals surface area contributed by atoms with Crippen molar-refractivity contribution in [1.29, 1.82) is 0 Å². The van der Waals surface area contributed by atoms with Crippen LogP contribution in [-0.4, -0.2) is 41.0 Å². The van der Waals surface area contributed by atoms with Crippen LogP contribution in [0.2, 0.25) is 0 Å². The van der Waals surface area contributed by atoms with E-state index < -0.39 is 17.4 Å². The summed E-state index contributed by atoms with van der Waals surface area (Å²) in [6.07, 6.45) is 1.95. The summed E-state index contributed by atoms with van der Waals surface area (Å²) in [6, 6.07) is 7.11. The highest BCUT2D eigenvalue weighted by atomic mass is 32.2. The average molecular weight is 292 g/mol. The van der Waals surface area contributed by atoms with E-state index >= 15 is 0 Å². The third-order valence-corrected chi connectivity index (χ3v) is 4.11. The Kier molecular flexibility index (Phi) is 3.85. The van der Waals surface area contributed by atoms with Crippen LogP contribution in [0.25, 0.3) is 0 Å². The highest BCUT2D eigenvalue weighted by molar-refractivity contribution is 7.98. The third kappa shape index (κ3) is 2.56. The molecule has 0 spiro atoms. The summed E-state index contributed by atoms with van der Waals surface area (Å²) < 4.78 is 0. The Balaban J connectivity index is 2.30. The number of amides is 3. The molecule has 1 heterocycles. The zero-order valence-electron chi connectivity index (χ0n) is 11.6. The van der Waals surface area contributed by atoms with E-state index in [1.807, 2.05) is 18.4 Å². The number of nitrogens with one attached hydrogen (secondary N) is 1. The molecule has 0 aromatic heterocycles. The lowest BCUT2D eigenvalue weighted by atomic mass is 9.97. The number of carbonyl (C=O) groups is 3. The molecule has 1 saturated heterocycles. The predicted octanol–water partition coefficient (Wildman–Crippen LogP) is 1.29. The number of imide groups is 1. The van der Waals surface area contributed by atoms with Crippen molar-refractivity contribution in [2.45, 2.75) is 24.3 Å². The molecule has 6 heteroatoms. The van der Waals surface area contributed by atoms with E-state index in [0.29, 0.717) is 5.56 Å². The normalized spacial score (nSPS) is 17.9. The standard InChI is InChI=1S/C14H16N2O3S/c1-14(2)13(19)15-11(17)8-16(14)12(18)9-4-6-10(20-3)7-5-9/h4-7H,8H2,1-3H3,(H,15,17,19). The first-order valence-electron chi connectivity index (χ1n) is 6.16. The van der Waals surface area contributed by atoms with Crippen molar-refractivity contribution >= 4 is 29.5 Å². The molecule has 1 aromatic rings. The van der Waals surface area contributed by atoms with Gasteiger partial charge in [-0.1, -0.05) is 0 Å². The fourth-order valence-corrected chi connectivity index (χ4v) is 2.41. The summed E-state index contributed by atoms with van der Waals surface area (Å²) in [4.78, 5) is 38.2. The SMILES string of the molecule is CSc1ccc(C(=O)N2CC(=O)NC(=O)C2(C)C)cc1. The monoisotopic (exact) mass is 292 g/mol. The molecule has 2 rings (SSSR count). The van der Waals surface area contributed by atoms with E-state index in [0.717, 1.165) is 4.90 Å². The maximum absolute atomic E-state index is 12.5. The van der Waals surface area contributed by atoms with Gasteiger partial charge in [0.1, 0.15) is 12.1 Å². The van der Waals surface area contributed by atoms with Gasteiger partial charge < -0.3 is 4.90 Å². The molecule has 5 nitrogen and oxygen atoms in total. The summed E-state index contributed by atoms with van der Waals surface area (Å²) in [5, 5.41) is 2.25. The molecule has 1 N–H and O–H groups in total. The quantitative estimate of drug-likeness (QED) is 0.659. The lowest BCUT2D eigenvalue weighted by Gasteiger charge is -2.40. The molecule has 0 unspecified atom stereocenters. The number of piperazine rings is 1. The molecule has 0 atom stereocenters. The largest absolute Gasteiger partial charge is 0.315 e. The Morgan fingerprint density at radius 2 is 1.85 bits per heavy atom. The number of carbonyl (C=O) groups excluding carboxylic acids is 3.